The molecule has 1 aliphatic heterocycles. The number of nitrogens with one attached hydrogen (secondary N) is 1. The Hall–Kier alpha value is -1.75. The van der Waals surface area contributed by atoms with E-state index in [1.807, 2.05) is 0 Å². The van der Waals surface area contributed by atoms with Crippen LogP contribution in [-0.4, -0.2) is 55.8 Å². The number of aliphatic hydroxyl groups is 1. The molecule has 0 bridgehead atoms. The molecule has 1 aliphatic rings. The summed E-state index contributed by atoms with van der Waals surface area (Å²) < 4.78 is 0. The molecule has 0 spiro atoms. The topological polar surface area (TPSA) is 51.1 Å². The number of benzene rings is 1. The third kappa shape index (κ3) is 6.20. The van der Waals surface area contributed by atoms with Gasteiger partial charge < -0.3 is 20.2 Å². The summed E-state index contributed by atoms with van der Waals surface area (Å²) in [5.74, 6) is 1.46. The molecule has 0 radical (unpaired) electrons. The molecule has 1 aromatic rings. The third-order valence-corrected chi connectivity index (χ3v) is 5.13. The lowest BCUT2D eigenvalue weighted by atomic mass is 9.97. The van der Waals surface area contributed by atoms with Crippen molar-refractivity contribution in [1.82, 2.24) is 10.2 Å². The number of aliphatic hydroxyl groups excluding tert-OH is 1. The van der Waals surface area contributed by atoms with E-state index < -0.39 is 0 Å². The van der Waals surface area contributed by atoms with Gasteiger partial charge in [0.15, 0.2) is 5.96 Å². The predicted octanol–water partition coefficient (Wildman–Crippen LogP) is 3.09. The maximum Gasteiger partial charge on any atom is 0.193 e. The number of piperidine rings is 1. The summed E-state index contributed by atoms with van der Waals surface area (Å²) in [6.45, 7) is 9.34. The minimum atomic E-state index is 0.325. The van der Waals surface area contributed by atoms with Gasteiger partial charge in [0.25, 0.3) is 0 Å². The summed E-state index contributed by atoms with van der Waals surface area (Å²) in [6.07, 6.45) is 4.54. The average molecular weight is 361 g/mol. The van der Waals surface area contributed by atoms with Crippen molar-refractivity contribution in [2.24, 2.45) is 10.9 Å². The van der Waals surface area contributed by atoms with E-state index >= 15 is 0 Å². The highest BCUT2D eigenvalue weighted by Crippen LogP contribution is 2.23. The van der Waals surface area contributed by atoms with Gasteiger partial charge in [-0.05, 0) is 49.8 Å². The summed E-state index contributed by atoms with van der Waals surface area (Å²) in [5, 5.41) is 12.7. The molecule has 2 rings (SSSR count). The standard InChI is InChI=1S/C21H36N4O/c1-4-6-13-24(3)21(22-5-2)23-16-18-7-9-20(10-8-18)25-14-11-19(17-26)12-15-25/h7-10,19,26H,4-6,11-17H2,1-3H3,(H,22,23). The molecule has 0 atom stereocenters. The highest BCUT2D eigenvalue weighted by Gasteiger charge is 2.18. The third-order valence-electron chi connectivity index (χ3n) is 5.13. The first-order valence-electron chi connectivity index (χ1n) is 10.1. The zero-order valence-electron chi connectivity index (χ0n) is 16.7. The molecule has 5 nitrogen and oxygen atoms in total. The molecular weight excluding hydrogens is 324 g/mol. The van der Waals surface area contributed by atoms with E-state index in [1.54, 1.807) is 0 Å². The predicted molar refractivity (Wildman–Crippen MR) is 111 cm³/mol. The fourth-order valence-corrected chi connectivity index (χ4v) is 3.32. The summed E-state index contributed by atoms with van der Waals surface area (Å²) in [7, 11) is 2.11. The van der Waals surface area contributed by atoms with Gasteiger partial charge in [-0.25, -0.2) is 4.99 Å². The largest absolute Gasteiger partial charge is 0.396 e. The second-order valence-corrected chi connectivity index (χ2v) is 7.22. The van der Waals surface area contributed by atoms with E-state index in [0.717, 1.165) is 45.0 Å². The molecule has 1 saturated heterocycles. The van der Waals surface area contributed by atoms with Crippen LogP contribution in [0.5, 0.6) is 0 Å². The number of guanidine groups is 1. The van der Waals surface area contributed by atoms with Gasteiger partial charge in [-0.3, -0.25) is 0 Å². The first-order chi connectivity index (χ1) is 12.7. The number of nitrogens with zero attached hydrogens (tertiary/aromatic N) is 3. The van der Waals surface area contributed by atoms with E-state index in [-0.39, 0.29) is 0 Å². The zero-order chi connectivity index (χ0) is 18.8. The van der Waals surface area contributed by atoms with Gasteiger partial charge in [0, 0.05) is 45.5 Å². The van der Waals surface area contributed by atoms with Crippen molar-refractivity contribution in [3.05, 3.63) is 29.8 Å². The minimum absolute atomic E-state index is 0.325. The van der Waals surface area contributed by atoms with Crippen LogP contribution in [0, 0.1) is 5.92 Å². The quantitative estimate of drug-likeness (QED) is 0.552. The van der Waals surface area contributed by atoms with E-state index in [0.29, 0.717) is 19.1 Å². The SMILES string of the molecule is CCCCN(C)C(=NCc1ccc(N2CCC(CO)CC2)cc1)NCC. The first kappa shape index (κ1) is 20.6. The van der Waals surface area contributed by atoms with Crippen LogP contribution in [0.15, 0.2) is 29.3 Å². The van der Waals surface area contributed by atoms with Gasteiger partial charge >= 0.3 is 0 Å². The lowest BCUT2D eigenvalue weighted by Gasteiger charge is -2.32. The fourth-order valence-electron chi connectivity index (χ4n) is 3.32. The van der Waals surface area contributed by atoms with Crippen LogP contribution in [0.25, 0.3) is 0 Å². The monoisotopic (exact) mass is 360 g/mol. The summed E-state index contributed by atoms with van der Waals surface area (Å²) in [4.78, 5) is 9.42. The normalized spacial score (nSPS) is 16.0. The fraction of sp³-hybridized carbons (Fsp3) is 0.667. The Balaban J connectivity index is 1.92. The maximum absolute atomic E-state index is 9.27. The van der Waals surface area contributed by atoms with Crippen LogP contribution in [0.2, 0.25) is 0 Å². The van der Waals surface area contributed by atoms with E-state index in [9.17, 15) is 5.11 Å². The lowest BCUT2D eigenvalue weighted by Crippen LogP contribution is -2.39. The number of hydrogen-bond acceptors (Lipinski definition) is 3. The molecule has 0 unspecified atom stereocenters. The molecule has 1 heterocycles. The summed E-state index contributed by atoms with van der Waals surface area (Å²) >= 11 is 0. The van der Waals surface area contributed by atoms with Gasteiger partial charge in [-0.2, -0.15) is 0 Å². The van der Waals surface area contributed by atoms with Crippen LogP contribution in [0.3, 0.4) is 0 Å². The van der Waals surface area contributed by atoms with Crippen LogP contribution < -0.4 is 10.2 Å². The second-order valence-electron chi connectivity index (χ2n) is 7.22. The molecular formula is C21H36N4O. The molecule has 5 heteroatoms. The van der Waals surface area contributed by atoms with Crippen molar-refractivity contribution in [2.45, 2.75) is 46.1 Å². The van der Waals surface area contributed by atoms with Crippen LogP contribution in [-0.2, 0) is 6.54 Å². The molecule has 0 amide bonds. The average Bonchev–Trinajstić information content (AvgIpc) is 2.69. The Labute approximate surface area is 159 Å². The minimum Gasteiger partial charge on any atom is -0.396 e. The van der Waals surface area contributed by atoms with Crippen molar-refractivity contribution < 1.29 is 5.11 Å². The van der Waals surface area contributed by atoms with Crippen molar-refractivity contribution in [1.29, 1.82) is 0 Å². The van der Waals surface area contributed by atoms with Crippen molar-refractivity contribution in [3.8, 4) is 0 Å². The molecule has 26 heavy (non-hydrogen) atoms. The molecule has 0 saturated carbocycles. The van der Waals surface area contributed by atoms with E-state index in [2.05, 4.69) is 60.3 Å². The molecule has 146 valence electrons. The lowest BCUT2D eigenvalue weighted by molar-refractivity contribution is 0.203. The Morgan fingerprint density at radius 3 is 2.50 bits per heavy atom. The Morgan fingerprint density at radius 2 is 1.92 bits per heavy atom. The van der Waals surface area contributed by atoms with E-state index in [1.165, 1.54) is 24.1 Å². The van der Waals surface area contributed by atoms with Gasteiger partial charge in [-0.15, -0.1) is 0 Å². The van der Waals surface area contributed by atoms with Crippen molar-refractivity contribution >= 4 is 11.6 Å². The van der Waals surface area contributed by atoms with Crippen LogP contribution in [0.4, 0.5) is 5.69 Å². The molecule has 0 aliphatic carbocycles. The molecule has 1 fully saturated rings. The highest BCUT2D eigenvalue weighted by atomic mass is 16.3. The molecule has 2 N–H and O–H groups in total. The Morgan fingerprint density at radius 1 is 1.23 bits per heavy atom. The number of hydrogen-bond donors (Lipinski definition) is 2. The number of unbranched alkanes of at least 4 members (excludes halogenated alkanes) is 1. The molecule has 1 aromatic carbocycles. The van der Waals surface area contributed by atoms with Gasteiger partial charge in [0.1, 0.15) is 0 Å². The van der Waals surface area contributed by atoms with Gasteiger partial charge in [0.05, 0.1) is 6.54 Å². The summed E-state index contributed by atoms with van der Waals surface area (Å²) in [5.41, 5.74) is 2.51. The van der Waals surface area contributed by atoms with Crippen molar-refractivity contribution in [2.75, 3.05) is 44.7 Å². The number of rotatable bonds is 8. The zero-order valence-corrected chi connectivity index (χ0v) is 16.7. The summed E-state index contributed by atoms with van der Waals surface area (Å²) in [6, 6.07) is 8.79. The smallest absolute Gasteiger partial charge is 0.193 e. The maximum atomic E-state index is 9.27. The first-order valence-corrected chi connectivity index (χ1v) is 10.1. The van der Waals surface area contributed by atoms with Crippen LogP contribution >= 0.6 is 0 Å². The second kappa shape index (κ2) is 11.1. The number of aliphatic imine (C=N–C) groups is 1. The van der Waals surface area contributed by atoms with Gasteiger partial charge in [0.2, 0.25) is 0 Å². The highest BCUT2D eigenvalue weighted by molar-refractivity contribution is 5.79. The number of anilines is 1. The Bertz CT molecular complexity index is 535. The van der Waals surface area contributed by atoms with E-state index in [4.69, 9.17) is 4.99 Å². The van der Waals surface area contributed by atoms with Crippen LogP contribution in [0.1, 0.15) is 45.1 Å². The Kier molecular flexibility index (Phi) is 8.75. The van der Waals surface area contributed by atoms with Gasteiger partial charge in [-0.1, -0.05) is 25.5 Å². The van der Waals surface area contributed by atoms with Crippen molar-refractivity contribution in [3.63, 3.8) is 0 Å². The molecule has 0 aromatic heterocycles.